The number of para-hydroxylation sites is 1. The van der Waals surface area contributed by atoms with Crippen LogP contribution < -0.4 is 4.80 Å². The van der Waals surface area contributed by atoms with Crippen LogP contribution in [0.4, 0.5) is 0 Å². The average molecular weight is 364 g/mol. The van der Waals surface area contributed by atoms with Crippen LogP contribution in [0.25, 0.3) is 17.1 Å². The first kappa shape index (κ1) is 15.9. The third-order valence-corrected chi connectivity index (χ3v) is 4.27. The number of benzene rings is 2. The van der Waals surface area contributed by atoms with Crippen molar-refractivity contribution in [1.29, 1.82) is 0 Å². The van der Waals surface area contributed by atoms with Gasteiger partial charge in [0.2, 0.25) is 4.80 Å². The Morgan fingerprint density at radius 2 is 1.65 bits per heavy atom. The Morgan fingerprint density at radius 1 is 1.04 bits per heavy atom. The second-order valence-corrected chi connectivity index (χ2v) is 6.57. The zero-order valence-corrected chi connectivity index (χ0v) is 14.1. The van der Waals surface area contributed by atoms with E-state index < -0.39 is 10.7 Å². The summed E-state index contributed by atoms with van der Waals surface area (Å²) in [5.74, 6) is 0.0796. The van der Waals surface area contributed by atoms with Crippen LogP contribution in [0.2, 0.25) is 0 Å². The highest BCUT2D eigenvalue weighted by atomic mass is 35.5. The molecule has 0 spiro atoms. The SMILES string of the molecule is O=C(N=c1nc(-c2ccccc2)n(-c2ccccc2)s1)C(Cl)Cl. The van der Waals surface area contributed by atoms with E-state index >= 15 is 0 Å². The second-order valence-electron chi connectivity index (χ2n) is 4.56. The minimum Gasteiger partial charge on any atom is -0.269 e. The average Bonchev–Trinajstić information content (AvgIpc) is 3.00. The number of nitrogens with zero attached hydrogens (tertiary/aromatic N) is 3. The predicted molar refractivity (Wildman–Crippen MR) is 92.9 cm³/mol. The van der Waals surface area contributed by atoms with Crippen molar-refractivity contribution in [2.45, 2.75) is 4.84 Å². The lowest BCUT2D eigenvalue weighted by molar-refractivity contribution is -0.116. The van der Waals surface area contributed by atoms with E-state index in [1.54, 1.807) is 0 Å². The standard InChI is InChI=1S/C16H11Cl2N3OS/c17-13(18)15(22)20-16-19-14(11-7-3-1-4-8-11)21(23-16)12-9-5-2-6-10-12/h1-10,13H. The summed E-state index contributed by atoms with van der Waals surface area (Å²) in [6, 6.07) is 19.4. The van der Waals surface area contributed by atoms with Crippen LogP contribution >= 0.6 is 34.7 Å². The van der Waals surface area contributed by atoms with Crippen molar-refractivity contribution in [2.24, 2.45) is 4.99 Å². The molecular weight excluding hydrogens is 353 g/mol. The van der Waals surface area contributed by atoms with Gasteiger partial charge in [-0.15, -0.1) is 0 Å². The lowest BCUT2D eigenvalue weighted by Crippen LogP contribution is -2.10. The number of aromatic nitrogens is 2. The highest BCUT2D eigenvalue weighted by molar-refractivity contribution is 7.04. The maximum absolute atomic E-state index is 11.6. The predicted octanol–water partition coefficient (Wildman–Crippen LogP) is 3.83. The Labute approximate surface area is 146 Å². The van der Waals surface area contributed by atoms with Crippen LogP contribution in [0.1, 0.15) is 0 Å². The molecule has 0 aliphatic carbocycles. The van der Waals surface area contributed by atoms with Crippen molar-refractivity contribution in [3.63, 3.8) is 0 Å². The first-order chi connectivity index (χ1) is 11.1. The summed E-state index contributed by atoms with van der Waals surface area (Å²) in [4.78, 5) is 19.1. The van der Waals surface area contributed by atoms with Gasteiger partial charge in [-0.1, -0.05) is 71.7 Å². The molecule has 4 nitrogen and oxygen atoms in total. The molecule has 0 saturated carbocycles. The summed E-state index contributed by atoms with van der Waals surface area (Å²) in [6.45, 7) is 0. The fourth-order valence-corrected chi connectivity index (χ4v) is 2.96. The summed E-state index contributed by atoms with van der Waals surface area (Å²) >= 11 is 12.4. The van der Waals surface area contributed by atoms with Crippen molar-refractivity contribution >= 4 is 40.6 Å². The molecule has 0 saturated heterocycles. The van der Waals surface area contributed by atoms with Crippen LogP contribution in [-0.2, 0) is 4.79 Å². The fraction of sp³-hybridized carbons (Fsp3) is 0.0625. The largest absolute Gasteiger partial charge is 0.281 e. The van der Waals surface area contributed by atoms with E-state index in [1.165, 1.54) is 11.5 Å². The highest BCUT2D eigenvalue weighted by Gasteiger charge is 2.13. The molecule has 0 unspecified atom stereocenters. The number of rotatable bonds is 3. The molecule has 1 aromatic heterocycles. The number of carbonyl (C=O) groups excluding carboxylic acids is 1. The lowest BCUT2D eigenvalue weighted by Gasteiger charge is -2.05. The van der Waals surface area contributed by atoms with Crippen molar-refractivity contribution in [2.75, 3.05) is 0 Å². The maximum Gasteiger partial charge on any atom is 0.281 e. The molecule has 0 N–H and O–H groups in total. The molecule has 23 heavy (non-hydrogen) atoms. The summed E-state index contributed by atoms with van der Waals surface area (Å²) < 4.78 is 1.92. The molecular formula is C16H11Cl2N3OS. The number of amides is 1. The molecule has 3 aromatic rings. The van der Waals surface area contributed by atoms with Crippen LogP contribution in [-0.4, -0.2) is 19.7 Å². The molecule has 0 atom stereocenters. The second kappa shape index (κ2) is 7.08. The van der Waals surface area contributed by atoms with Gasteiger partial charge in [0.15, 0.2) is 10.7 Å². The fourth-order valence-electron chi connectivity index (χ4n) is 1.98. The summed E-state index contributed by atoms with van der Waals surface area (Å²) in [6.07, 6.45) is 0. The molecule has 0 radical (unpaired) electrons. The van der Waals surface area contributed by atoms with Crippen LogP contribution in [0.3, 0.4) is 0 Å². The van der Waals surface area contributed by atoms with Gasteiger partial charge in [0.05, 0.1) is 5.69 Å². The zero-order chi connectivity index (χ0) is 16.2. The molecule has 3 rings (SSSR count). The van der Waals surface area contributed by atoms with Gasteiger partial charge in [-0.3, -0.25) is 4.79 Å². The normalized spacial score (nSPS) is 11.9. The topological polar surface area (TPSA) is 47.2 Å². The van der Waals surface area contributed by atoms with E-state index in [2.05, 4.69) is 9.98 Å². The molecule has 0 fully saturated rings. The molecule has 1 amide bonds. The van der Waals surface area contributed by atoms with Gasteiger partial charge in [0, 0.05) is 5.56 Å². The molecule has 2 aromatic carbocycles. The van der Waals surface area contributed by atoms with E-state index in [0.29, 0.717) is 10.6 Å². The van der Waals surface area contributed by atoms with Gasteiger partial charge in [-0.05, 0) is 23.7 Å². The lowest BCUT2D eigenvalue weighted by atomic mass is 10.2. The van der Waals surface area contributed by atoms with Crippen molar-refractivity contribution in [3.05, 3.63) is 65.5 Å². The van der Waals surface area contributed by atoms with Crippen molar-refractivity contribution in [3.8, 4) is 17.1 Å². The molecule has 0 bridgehead atoms. The Kier molecular flexibility index (Phi) is 4.91. The number of hydrogen-bond acceptors (Lipinski definition) is 3. The Hall–Kier alpha value is -1.95. The quantitative estimate of drug-likeness (QED) is 0.663. The van der Waals surface area contributed by atoms with E-state index in [9.17, 15) is 4.79 Å². The van der Waals surface area contributed by atoms with Crippen LogP contribution in [0.15, 0.2) is 65.7 Å². The van der Waals surface area contributed by atoms with Gasteiger partial charge in [0.25, 0.3) is 5.91 Å². The first-order valence-corrected chi connectivity index (χ1v) is 8.38. The van der Waals surface area contributed by atoms with E-state index in [1.807, 2.05) is 64.6 Å². The third kappa shape index (κ3) is 3.69. The Bertz CT molecular complexity index is 813. The minimum absolute atomic E-state index is 0.309. The summed E-state index contributed by atoms with van der Waals surface area (Å²) in [5.41, 5.74) is 1.86. The van der Waals surface area contributed by atoms with Crippen LogP contribution in [0, 0.1) is 0 Å². The van der Waals surface area contributed by atoms with E-state index in [-0.39, 0.29) is 0 Å². The third-order valence-electron chi connectivity index (χ3n) is 2.98. The molecule has 0 aliphatic heterocycles. The molecule has 116 valence electrons. The number of alkyl halides is 2. The van der Waals surface area contributed by atoms with E-state index in [4.69, 9.17) is 23.2 Å². The molecule has 7 heteroatoms. The molecule has 1 heterocycles. The number of halogens is 2. The van der Waals surface area contributed by atoms with Gasteiger partial charge < -0.3 is 0 Å². The van der Waals surface area contributed by atoms with E-state index in [0.717, 1.165) is 11.3 Å². The Balaban J connectivity index is 2.17. The Morgan fingerprint density at radius 3 is 2.26 bits per heavy atom. The van der Waals surface area contributed by atoms with Crippen molar-refractivity contribution in [1.82, 2.24) is 8.94 Å². The van der Waals surface area contributed by atoms with Gasteiger partial charge >= 0.3 is 0 Å². The number of carbonyl (C=O) groups is 1. The minimum atomic E-state index is -1.19. The molecule has 0 aliphatic rings. The smallest absolute Gasteiger partial charge is 0.269 e. The van der Waals surface area contributed by atoms with Gasteiger partial charge in [0.1, 0.15) is 0 Å². The van der Waals surface area contributed by atoms with Crippen LogP contribution in [0.5, 0.6) is 0 Å². The van der Waals surface area contributed by atoms with Gasteiger partial charge in [-0.2, -0.15) is 9.98 Å². The first-order valence-electron chi connectivity index (χ1n) is 6.73. The summed E-state index contributed by atoms with van der Waals surface area (Å²) in [5, 5.41) is 0. The summed E-state index contributed by atoms with van der Waals surface area (Å²) in [7, 11) is 0. The van der Waals surface area contributed by atoms with Gasteiger partial charge in [-0.25, -0.2) is 3.96 Å². The monoisotopic (exact) mass is 363 g/mol. The maximum atomic E-state index is 11.6. The highest BCUT2D eigenvalue weighted by Crippen LogP contribution is 2.21. The number of hydrogen-bond donors (Lipinski definition) is 0. The zero-order valence-electron chi connectivity index (χ0n) is 11.8. The van der Waals surface area contributed by atoms with Crippen molar-refractivity contribution < 1.29 is 4.79 Å².